The van der Waals surface area contributed by atoms with E-state index in [0.29, 0.717) is 29.6 Å². The number of aromatic nitrogens is 1. The fourth-order valence-corrected chi connectivity index (χ4v) is 3.29. The van der Waals surface area contributed by atoms with Crippen molar-refractivity contribution >= 4 is 28.5 Å². The standard InChI is InChI=1S/C19H25N3O6S/c1-3-28-17(25)8-14-11-29-19(21-14)22-18(26)20-9-13(10-23)6-12-4-5-16(27-2)15(24)7-12/h4-5,7,11,13,23-24H,3,6,8-10H2,1-2H3,(H2,20,21,22,26)/t13-/m0/s1. The number of amides is 2. The van der Waals surface area contributed by atoms with E-state index < -0.39 is 6.03 Å². The van der Waals surface area contributed by atoms with Gasteiger partial charge in [0, 0.05) is 24.4 Å². The van der Waals surface area contributed by atoms with Crippen LogP contribution in [0, 0.1) is 5.92 Å². The van der Waals surface area contributed by atoms with Gasteiger partial charge in [-0.1, -0.05) is 6.07 Å². The third-order valence-corrected chi connectivity index (χ3v) is 4.79. The number of rotatable bonds is 10. The Hall–Kier alpha value is -2.85. The second-order valence-corrected chi connectivity index (χ2v) is 7.08. The second kappa shape index (κ2) is 11.2. The van der Waals surface area contributed by atoms with E-state index in [1.165, 1.54) is 18.4 Å². The molecule has 2 aromatic rings. The number of hydrogen-bond donors (Lipinski definition) is 4. The van der Waals surface area contributed by atoms with Crippen LogP contribution in [0.2, 0.25) is 0 Å². The number of aromatic hydroxyl groups is 1. The molecule has 0 bridgehead atoms. The van der Waals surface area contributed by atoms with Gasteiger partial charge in [0.15, 0.2) is 16.6 Å². The summed E-state index contributed by atoms with van der Waals surface area (Å²) in [6, 6.07) is 4.55. The molecular weight excluding hydrogens is 398 g/mol. The van der Waals surface area contributed by atoms with E-state index in [-0.39, 0.29) is 37.2 Å². The maximum atomic E-state index is 12.1. The molecule has 0 aliphatic heterocycles. The molecular formula is C19H25N3O6S. The number of anilines is 1. The summed E-state index contributed by atoms with van der Waals surface area (Å²) in [5, 5.41) is 26.8. The van der Waals surface area contributed by atoms with E-state index in [1.54, 1.807) is 30.5 Å². The SMILES string of the molecule is CCOC(=O)Cc1csc(NC(=O)NC[C@@H](CO)Cc2ccc(OC)c(O)c2)n1. The first-order chi connectivity index (χ1) is 13.9. The van der Waals surface area contributed by atoms with Gasteiger partial charge in [0.25, 0.3) is 0 Å². The lowest BCUT2D eigenvalue weighted by Gasteiger charge is -2.16. The Kier molecular flexibility index (Phi) is 8.68. The van der Waals surface area contributed by atoms with Crippen molar-refractivity contribution in [2.24, 2.45) is 5.92 Å². The predicted octanol–water partition coefficient (Wildman–Crippen LogP) is 1.94. The quantitative estimate of drug-likeness (QED) is 0.430. The minimum Gasteiger partial charge on any atom is -0.504 e. The number of esters is 1. The number of thiazole rings is 1. The number of nitrogens with one attached hydrogen (secondary N) is 2. The van der Waals surface area contributed by atoms with Crippen LogP contribution in [0.25, 0.3) is 0 Å². The molecule has 1 aromatic heterocycles. The smallest absolute Gasteiger partial charge is 0.321 e. The van der Waals surface area contributed by atoms with Crippen LogP contribution in [-0.4, -0.2) is 54.1 Å². The molecule has 158 valence electrons. The van der Waals surface area contributed by atoms with Crippen LogP contribution >= 0.6 is 11.3 Å². The minimum absolute atomic E-state index is 0.0229. The van der Waals surface area contributed by atoms with Gasteiger partial charge in [-0.05, 0) is 31.0 Å². The summed E-state index contributed by atoms with van der Waals surface area (Å²) < 4.78 is 9.87. The first kappa shape index (κ1) is 22.4. The summed E-state index contributed by atoms with van der Waals surface area (Å²) in [4.78, 5) is 27.7. The number of phenolic OH excluding ortho intramolecular Hbond substituents is 1. The van der Waals surface area contributed by atoms with Gasteiger partial charge in [-0.25, -0.2) is 9.78 Å². The molecule has 0 radical (unpaired) electrons. The number of methoxy groups -OCH3 is 1. The Labute approximate surface area is 172 Å². The van der Waals surface area contributed by atoms with Gasteiger partial charge in [0.05, 0.1) is 25.8 Å². The molecule has 10 heteroatoms. The van der Waals surface area contributed by atoms with E-state index in [0.717, 1.165) is 5.56 Å². The first-order valence-corrected chi connectivity index (χ1v) is 9.94. The molecule has 2 amide bonds. The number of aliphatic hydroxyl groups is 1. The van der Waals surface area contributed by atoms with Crippen LogP contribution in [0.4, 0.5) is 9.93 Å². The molecule has 9 nitrogen and oxygen atoms in total. The molecule has 4 N–H and O–H groups in total. The Morgan fingerprint density at radius 1 is 1.34 bits per heavy atom. The van der Waals surface area contributed by atoms with Crippen LogP contribution in [-0.2, 0) is 22.4 Å². The molecule has 0 saturated heterocycles. The number of urea groups is 1. The maximum absolute atomic E-state index is 12.1. The number of phenols is 1. The lowest BCUT2D eigenvalue weighted by atomic mass is 9.99. The highest BCUT2D eigenvalue weighted by atomic mass is 32.1. The van der Waals surface area contributed by atoms with Crippen molar-refractivity contribution in [1.29, 1.82) is 0 Å². The number of benzene rings is 1. The summed E-state index contributed by atoms with van der Waals surface area (Å²) in [7, 11) is 1.47. The molecule has 0 aliphatic carbocycles. The minimum atomic E-state index is -0.460. The van der Waals surface area contributed by atoms with Gasteiger partial charge in [-0.2, -0.15) is 0 Å². The Bertz CT molecular complexity index is 826. The first-order valence-electron chi connectivity index (χ1n) is 9.06. The van der Waals surface area contributed by atoms with Crippen LogP contribution in [0.3, 0.4) is 0 Å². The molecule has 0 saturated carbocycles. The lowest BCUT2D eigenvalue weighted by molar-refractivity contribution is -0.142. The summed E-state index contributed by atoms with van der Waals surface area (Å²) in [5.74, 6) is -0.208. The van der Waals surface area contributed by atoms with E-state index in [9.17, 15) is 19.8 Å². The van der Waals surface area contributed by atoms with Gasteiger partial charge in [-0.3, -0.25) is 10.1 Å². The topological polar surface area (TPSA) is 130 Å². The number of ether oxygens (including phenoxy) is 2. The molecule has 0 fully saturated rings. The average Bonchev–Trinajstić information content (AvgIpc) is 3.11. The van der Waals surface area contributed by atoms with E-state index in [4.69, 9.17) is 9.47 Å². The van der Waals surface area contributed by atoms with Crippen molar-refractivity contribution in [3.63, 3.8) is 0 Å². The summed E-state index contributed by atoms with van der Waals surface area (Å²) >= 11 is 1.21. The zero-order valence-corrected chi connectivity index (χ0v) is 17.1. The fourth-order valence-electron chi connectivity index (χ4n) is 2.58. The maximum Gasteiger partial charge on any atom is 0.321 e. The zero-order chi connectivity index (χ0) is 21.2. The average molecular weight is 423 g/mol. The number of aliphatic hydroxyl groups excluding tert-OH is 1. The Morgan fingerprint density at radius 2 is 2.14 bits per heavy atom. The Balaban J connectivity index is 1.82. The van der Waals surface area contributed by atoms with Crippen LogP contribution < -0.4 is 15.4 Å². The normalized spacial score (nSPS) is 11.6. The summed E-state index contributed by atoms with van der Waals surface area (Å²) in [5.41, 5.74) is 1.34. The highest BCUT2D eigenvalue weighted by molar-refractivity contribution is 7.13. The molecule has 1 aromatic carbocycles. The molecule has 0 unspecified atom stereocenters. The molecule has 2 rings (SSSR count). The molecule has 0 spiro atoms. The highest BCUT2D eigenvalue weighted by Gasteiger charge is 2.14. The monoisotopic (exact) mass is 423 g/mol. The van der Waals surface area contributed by atoms with Crippen molar-refractivity contribution in [3.05, 3.63) is 34.8 Å². The molecule has 1 heterocycles. The fraction of sp³-hybridized carbons (Fsp3) is 0.421. The predicted molar refractivity (Wildman–Crippen MR) is 108 cm³/mol. The van der Waals surface area contributed by atoms with Crippen LogP contribution in [0.5, 0.6) is 11.5 Å². The number of hydrogen-bond acceptors (Lipinski definition) is 8. The van der Waals surface area contributed by atoms with Gasteiger partial charge >= 0.3 is 12.0 Å². The highest BCUT2D eigenvalue weighted by Crippen LogP contribution is 2.27. The van der Waals surface area contributed by atoms with Gasteiger partial charge in [0.2, 0.25) is 0 Å². The van der Waals surface area contributed by atoms with E-state index >= 15 is 0 Å². The molecule has 1 atom stereocenters. The largest absolute Gasteiger partial charge is 0.504 e. The van der Waals surface area contributed by atoms with Gasteiger partial charge in [-0.15, -0.1) is 11.3 Å². The van der Waals surface area contributed by atoms with Crippen LogP contribution in [0.15, 0.2) is 23.6 Å². The van der Waals surface area contributed by atoms with Crippen molar-refractivity contribution in [2.45, 2.75) is 19.8 Å². The van der Waals surface area contributed by atoms with Gasteiger partial charge in [0.1, 0.15) is 0 Å². The molecule has 29 heavy (non-hydrogen) atoms. The Morgan fingerprint density at radius 3 is 2.79 bits per heavy atom. The number of carbonyl (C=O) groups is 2. The second-order valence-electron chi connectivity index (χ2n) is 6.22. The summed E-state index contributed by atoms with van der Waals surface area (Å²) in [6.45, 7) is 2.14. The zero-order valence-electron chi connectivity index (χ0n) is 16.3. The van der Waals surface area contributed by atoms with Gasteiger partial charge < -0.3 is 25.0 Å². The molecule has 0 aliphatic rings. The van der Waals surface area contributed by atoms with Crippen LogP contribution in [0.1, 0.15) is 18.2 Å². The van der Waals surface area contributed by atoms with Crippen molar-refractivity contribution in [2.75, 3.05) is 32.2 Å². The van der Waals surface area contributed by atoms with Crippen molar-refractivity contribution < 1.29 is 29.3 Å². The lowest BCUT2D eigenvalue weighted by Crippen LogP contribution is -2.35. The third-order valence-electron chi connectivity index (χ3n) is 3.98. The summed E-state index contributed by atoms with van der Waals surface area (Å²) in [6.07, 6.45) is 0.518. The van der Waals surface area contributed by atoms with Crippen molar-refractivity contribution in [3.8, 4) is 11.5 Å². The van der Waals surface area contributed by atoms with E-state index in [2.05, 4.69) is 15.6 Å². The van der Waals surface area contributed by atoms with E-state index in [1.807, 2.05) is 0 Å². The number of nitrogens with zero attached hydrogens (tertiary/aromatic N) is 1. The number of carbonyl (C=O) groups excluding carboxylic acids is 2. The van der Waals surface area contributed by atoms with Crippen molar-refractivity contribution in [1.82, 2.24) is 10.3 Å². The third kappa shape index (κ3) is 7.24.